The number of hydrogen-bond acceptors (Lipinski definition) is 4. The first kappa shape index (κ1) is 22.6. The van der Waals surface area contributed by atoms with Crippen molar-refractivity contribution in [3.05, 3.63) is 58.6 Å². The normalized spacial score (nSPS) is 14.3. The average Bonchev–Trinajstić information content (AvgIpc) is 2.80. The van der Waals surface area contributed by atoms with Crippen molar-refractivity contribution >= 4 is 32.7 Å². The Labute approximate surface area is 197 Å². The fourth-order valence-corrected chi connectivity index (χ4v) is 4.52. The third-order valence-electron chi connectivity index (χ3n) is 5.84. The minimum Gasteiger partial charge on any atom is -0.493 e. The lowest BCUT2D eigenvalue weighted by Crippen LogP contribution is -2.22. The molecule has 1 aliphatic carbocycles. The Morgan fingerprint density at radius 1 is 1.09 bits per heavy atom. The number of fused-ring (bicyclic) bond motifs is 1. The lowest BCUT2D eigenvalue weighted by Gasteiger charge is -2.21. The Bertz CT molecular complexity index is 1080. The first-order valence-electron chi connectivity index (χ1n) is 11.3. The summed E-state index contributed by atoms with van der Waals surface area (Å²) in [6.45, 7) is 2.94. The molecule has 168 valence electrons. The van der Waals surface area contributed by atoms with Gasteiger partial charge in [0.1, 0.15) is 11.5 Å². The van der Waals surface area contributed by atoms with E-state index in [-0.39, 0.29) is 5.91 Å². The van der Waals surface area contributed by atoms with E-state index in [4.69, 9.17) is 9.47 Å². The van der Waals surface area contributed by atoms with Crippen LogP contribution in [0.15, 0.2) is 53.0 Å². The Kier molecular flexibility index (Phi) is 7.63. The highest BCUT2D eigenvalue weighted by atomic mass is 79.9. The summed E-state index contributed by atoms with van der Waals surface area (Å²) in [5.41, 5.74) is 2.03. The molecule has 1 amide bonds. The molecule has 0 atom stereocenters. The molecule has 6 heteroatoms. The van der Waals surface area contributed by atoms with Crippen LogP contribution in [0.5, 0.6) is 17.4 Å². The number of carbonyl (C=O) groups is 1. The summed E-state index contributed by atoms with van der Waals surface area (Å²) in [6.07, 6.45) is 7.33. The minimum absolute atomic E-state index is 0.00998. The second-order valence-electron chi connectivity index (χ2n) is 8.42. The van der Waals surface area contributed by atoms with E-state index in [1.165, 1.54) is 39.0 Å². The maximum Gasteiger partial charge on any atom is 0.219 e. The minimum atomic E-state index is -0.00998. The van der Waals surface area contributed by atoms with Gasteiger partial charge in [0.25, 0.3) is 0 Å². The van der Waals surface area contributed by atoms with Gasteiger partial charge in [0, 0.05) is 24.9 Å². The van der Waals surface area contributed by atoms with Gasteiger partial charge >= 0.3 is 0 Å². The standard InChI is InChI=1S/C26H29BrN2O3/c1-18(30)28-14-13-19-7-10-24-21(15-19)8-12-26(29-24)32-25-11-9-22(16-23(25)27)31-17-20-5-3-2-4-6-20/h7-12,15-16,20H,2-6,13-14,17H2,1H3,(H,28,30). The van der Waals surface area contributed by atoms with Gasteiger partial charge in [0.2, 0.25) is 11.8 Å². The fourth-order valence-electron chi connectivity index (χ4n) is 4.09. The number of benzene rings is 2. The van der Waals surface area contributed by atoms with Crippen molar-refractivity contribution in [2.75, 3.05) is 13.2 Å². The molecular formula is C26H29BrN2O3. The summed E-state index contributed by atoms with van der Waals surface area (Å²) < 4.78 is 12.9. The van der Waals surface area contributed by atoms with Gasteiger partial charge in [-0.15, -0.1) is 0 Å². The Balaban J connectivity index is 1.38. The van der Waals surface area contributed by atoms with Crippen LogP contribution in [0.2, 0.25) is 0 Å². The van der Waals surface area contributed by atoms with Gasteiger partial charge in [0.05, 0.1) is 16.6 Å². The molecule has 32 heavy (non-hydrogen) atoms. The van der Waals surface area contributed by atoms with E-state index in [1.807, 2.05) is 42.5 Å². The van der Waals surface area contributed by atoms with Crippen LogP contribution in [0.1, 0.15) is 44.6 Å². The van der Waals surface area contributed by atoms with Crippen LogP contribution < -0.4 is 14.8 Å². The Morgan fingerprint density at radius 2 is 1.94 bits per heavy atom. The van der Waals surface area contributed by atoms with Gasteiger partial charge < -0.3 is 14.8 Å². The highest BCUT2D eigenvalue weighted by Gasteiger charge is 2.14. The maximum atomic E-state index is 11.0. The van der Waals surface area contributed by atoms with E-state index in [1.54, 1.807) is 0 Å². The van der Waals surface area contributed by atoms with Gasteiger partial charge in [-0.3, -0.25) is 4.79 Å². The maximum absolute atomic E-state index is 11.0. The van der Waals surface area contributed by atoms with Crippen LogP contribution in [0.3, 0.4) is 0 Å². The molecule has 0 spiro atoms. The van der Waals surface area contributed by atoms with Crippen LogP contribution in [0.4, 0.5) is 0 Å². The summed E-state index contributed by atoms with van der Waals surface area (Å²) in [7, 11) is 0. The largest absolute Gasteiger partial charge is 0.493 e. The monoisotopic (exact) mass is 496 g/mol. The second-order valence-corrected chi connectivity index (χ2v) is 9.27. The Morgan fingerprint density at radius 3 is 2.72 bits per heavy atom. The van der Waals surface area contributed by atoms with Crippen molar-refractivity contribution in [2.45, 2.75) is 45.4 Å². The van der Waals surface area contributed by atoms with Crippen LogP contribution in [-0.4, -0.2) is 24.0 Å². The molecule has 3 aromatic rings. The van der Waals surface area contributed by atoms with Crippen molar-refractivity contribution in [3.63, 3.8) is 0 Å². The number of amides is 1. The summed E-state index contributed by atoms with van der Waals surface area (Å²) in [5.74, 6) is 2.76. The summed E-state index contributed by atoms with van der Waals surface area (Å²) in [6, 6.07) is 15.8. The highest BCUT2D eigenvalue weighted by Crippen LogP contribution is 2.33. The van der Waals surface area contributed by atoms with Crippen LogP contribution >= 0.6 is 15.9 Å². The number of halogens is 1. The van der Waals surface area contributed by atoms with E-state index >= 15 is 0 Å². The molecule has 1 aromatic heterocycles. The smallest absolute Gasteiger partial charge is 0.219 e. The summed E-state index contributed by atoms with van der Waals surface area (Å²) >= 11 is 3.60. The molecule has 1 heterocycles. The Hall–Kier alpha value is -2.60. The quantitative estimate of drug-likeness (QED) is 0.390. The predicted octanol–water partition coefficient (Wildman–Crippen LogP) is 6.43. The molecule has 4 rings (SSSR count). The number of hydrogen-bond donors (Lipinski definition) is 1. The van der Waals surface area contributed by atoms with Crippen molar-refractivity contribution in [1.82, 2.24) is 10.3 Å². The lowest BCUT2D eigenvalue weighted by atomic mass is 9.90. The molecule has 0 aliphatic heterocycles. The molecule has 0 bridgehead atoms. The third kappa shape index (κ3) is 6.22. The van der Waals surface area contributed by atoms with Crippen LogP contribution in [0, 0.1) is 5.92 Å². The zero-order valence-corrected chi connectivity index (χ0v) is 20.0. The van der Waals surface area contributed by atoms with E-state index < -0.39 is 0 Å². The molecule has 0 radical (unpaired) electrons. The number of ether oxygens (including phenoxy) is 2. The topological polar surface area (TPSA) is 60.5 Å². The molecule has 1 N–H and O–H groups in total. The summed E-state index contributed by atoms with van der Waals surface area (Å²) in [4.78, 5) is 15.7. The van der Waals surface area contributed by atoms with Gasteiger partial charge in [0.15, 0.2) is 0 Å². The first-order valence-corrected chi connectivity index (χ1v) is 12.1. The lowest BCUT2D eigenvalue weighted by molar-refractivity contribution is -0.118. The summed E-state index contributed by atoms with van der Waals surface area (Å²) in [5, 5.41) is 3.87. The number of carbonyl (C=O) groups excluding carboxylic acids is 1. The number of aromatic nitrogens is 1. The molecule has 5 nitrogen and oxygen atoms in total. The van der Waals surface area contributed by atoms with Crippen molar-refractivity contribution < 1.29 is 14.3 Å². The van der Waals surface area contributed by atoms with Crippen molar-refractivity contribution in [1.29, 1.82) is 0 Å². The molecule has 1 saturated carbocycles. The highest BCUT2D eigenvalue weighted by molar-refractivity contribution is 9.10. The van der Waals surface area contributed by atoms with Gasteiger partial charge in [-0.25, -0.2) is 4.98 Å². The van der Waals surface area contributed by atoms with E-state index in [0.29, 0.717) is 24.1 Å². The SMILES string of the molecule is CC(=O)NCCc1ccc2nc(Oc3ccc(OCC4CCCCC4)cc3Br)ccc2c1. The zero-order chi connectivity index (χ0) is 22.3. The van der Waals surface area contributed by atoms with Gasteiger partial charge in [-0.2, -0.15) is 0 Å². The number of nitrogens with one attached hydrogen (secondary N) is 1. The fraction of sp³-hybridized carbons (Fsp3) is 0.385. The molecule has 0 unspecified atom stereocenters. The van der Waals surface area contributed by atoms with E-state index in [9.17, 15) is 4.79 Å². The molecule has 1 aliphatic rings. The van der Waals surface area contributed by atoms with E-state index in [0.717, 1.165) is 39.7 Å². The van der Waals surface area contributed by atoms with Crippen molar-refractivity contribution in [3.8, 4) is 17.4 Å². The third-order valence-corrected chi connectivity index (χ3v) is 6.46. The van der Waals surface area contributed by atoms with Gasteiger partial charge in [-0.05, 0) is 83.1 Å². The number of pyridine rings is 1. The number of rotatable bonds is 8. The van der Waals surface area contributed by atoms with Crippen LogP contribution in [-0.2, 0) is 11.2 Å². The van der Waals surface area contributed by atoms with E-state index in [2.05, 4.69) is 32.3 Å². The average molecular weight is 497 g/mol. The van der Waals surface area contributed by atoms with Crippen LogP contribution in [0.25, 0.3) is 10.9 Å². The zero-order valence-electron chi connectivity index (χ0n) is 18.4. The molecule has 1 fully saturated rings. The van der Waals surface area contributed by atoms with Gasteiger partial charge in [-0.1, -0.05) is 25.3 Å². The predicted molar refractivity (Wildman–Crippen MR) is 130 cm³/mol. The van der Waals surface area contributed by atoms with Crippen molar-refractivity contribution in [2.24, 2.45) is 5.92 Å². The molecular weight excluding hydrogens is 468 g/mol. The first-order chi connectivity index (χ1) is 15.6. The molecule has 0 saturated heterocycles. The second kappa shape index (κ2) is 10.8. The molecule has 2 aromatic carbocycles. The number of nitrogens with zero attached hydrogens (tertiary/aromatic N) is 1.